The van der Waals surface area contributed by atoms with E-state index in [-0.39, 0.29) is 5.91 Å². The Morgan fingerprint density at radius 2 is 1.75 bits per heavy atom. The first-order chi connectivity index (χ1) is 13.6. The zero-order valence-corrected chi connectivity index (χ0v) is 17.1. The number of ether oxygens (including phenoxy) is 1. The van der Waals surface area contributed by atoms with Gasteiger partial charge >= 0.3 is 0 Å². The number of anilines is 1. The fraction of sp³-hybridized carbons (Fsp3) is 0.318. The minimum absolute atomic E-state index is 0.0331. The van der Waals surface area contributed by atoms with E-state index in [2.05, 4.69) is 52.9 Å². The normalized spacial score (nSPS) is 14.3. The van der Waals surface area contributed by atoms with Crippen molar-refractivity contribution in [1.82, 2.24) is 9.88 Å². The Bertz CT molecular complexity index is 950. The predicted molar refractivity (Wildman–Crippen MR) is 114 cm³/mol. The Morgan fingerprint density at radius 1 is 1.04 bits per heavy atom. The summed E-state index contributed by atoms with van der Waals surface area (Å²) < 4.78 is 7.60. The molecule has 1 amide bonds. The van der Waals surface area contributed by atoms with Crippen molar-refractivity contribution in [2.24, 2.45) is 0 Å². The number of morpholine rings is 1. The van der Waals surface area contributed by atoms with Gasteiger partial charge in [0.15, 0.2) is 0 Å². The number of hydrogen-bond donors (Lipinski definition) is 1. The van der Waals surface area contributed by atoms with Gasteiger partial charge in [0.1, 0.15) is 4.88 Å². The first kappa shape index (κ1) is 18.8. The highest BCUT2D eigenvalue weighted by Gasteiger charge is 2.18. The van der Waals surface area contributed by atoms with Gasteiger partial charge in [-0.3, -0.25) is 4.79 Å². The molecule has 0 unspecified atom stereocenters. The minimum Gasteiger partial charge on any atom is -0.378 e. The molecule has 0 spiro atoms. The third-order valence-electron chi connectivity index (χ3n) is 5.15. The Balaban J connectivity index is 1.52. The third-order valence-corrected chi connectivity index (χ3v) is 6.05. The molecule has 6 heteroatoms. The standard InChI is InChI=1S/C22H25N3O2S/c1-16-7-8-17(2)25(16)20-9-14-28-21(20)22(26)23-15-18-5-3-4-6-19(18)24-10-12-27-13-11-24/h3-9,14H,10-13,15H2,1-2H3,(H,23,26). The molecule has 0 aliphatic carbocycles. The Hall–Kier alpha value is -2.57. The van der Waals surface area contributed by atoms with E-state index >= 15 is 0 Å². The van der Waals surface area contributed by atoms with Crippen LogP contribution in [0.15, 0.2) is 47.8 Å². The van der Waals surface area contributed by atoms with Crippen LogP contribution in [0.1, 0.15) is 26.6 Å². The van der Waals surface area contributed by atoms with Crippen LogP contribution in [0.3, 0.4) is 0 Å². The van der Waals surface area contributed by atoms with E-state index in [1.165, 1.54) is 17.0 Å². The van der Waals surface area contributed by atoms with Gasteiger partial charge in [-0.05, 0) is 49.1 Å². The maximum Gasteiger partial charge on any atom is 0.263 e. The highest BCUT2D eigenvalue weighted by Crippen LogP contribution is 2.26. The summed E-state index contributed by atoms with van der Waals surface area (Å²) in [6, 6.07) is 14.4. The molecule has 1 N–H and O–H groups in total. The van der Waals surface area contributed by atoms with Crippen LogP contribution in [0.25, 0.3) is 5.69 Å². The molecule has 1 saturated heterocycles. The zero-order chi connectivity index (χ0) is 19.5. The number of nitrogens with one attached hydrogen (secondary N) is 1. The van der Waals surface area contributed by atoms with Gasteiger partial charge in [-0.1, -0.05) is 18.2 Å². The van der Waals surface area contributed by atoms with E-state index in [0.717, 1.165) is 53.8 Å². The van der Waals surface area contributed by atoms with Crippen molar-refractivity contribution in [3.63, 3.8) is 0 Å². The molecule has 1 aliphatic heterocycles. The number of aromatic nitrogens is 1. The van der Waals surface area contributed by atoms with E-state index in [0.29, 0.717) is 6.54 Å². The molecule has 146 valence electrons. The molecule has 0 atom stereocenters. The number of benzene rings is 1. The van der Waals surface area contributed by atoms with Gasteiger partial charge in [0.05, 0.1) is 18.9 Å². The highest BCUT2D eigenvalue weighted by molar-refractivity contribution is 7.12. The number of carbonyl (C=O) groups is 1. The van der Waals surface area contributed by atoms with E-state index < -0.39 is 0 Å². The fourth-order valence-corrected chi connectivity index (χ4v) is 4.52. The van der Waals surface area contributed by atoms with Gasteiger partial charge in [-0.15, -0.1) is 11.3 Å². The minimum atomic E-state index is -0.0331. The van der Waals surface area contributed by atoms with Crippen LogP contribution in [-0.4, -0.2) is 36.8 Å². The maximum atomic E-state index is 13.0. The molecule has 2 aromatic heterocycles. The second kappa shape index (κ2) is 8.20. The Kier molecular flexibility index (Phi) is 5.50. The van der Waals surface area contributed by atoms with Crippen molar-refractivity contribution >= 4 is 22.9 Å². The molecule has 0 bridgehead atoms. The van der Waals surface area contributed by atoms with Crippen LogP contribution < -0.4 is 10.2 Å². The van der Waals surface area contributed by atoms with Crippen LogP contribution in [0.4, 0.5) is 5.69 Å². The summed E-state index contributed by atoms with van der Waals surface area (Å²) in [4.78, 5) is 16.0. The van der Waals surface area contributed by atoms with Crippen LogP contribution in [0, 0.1) is 13.8 Å². The first-order valence-corrected chi connectivity index (χ1v) is 10.4. The second-order valence-corrected chi connectivity index (χ2v) is 7.91. The monoisotopic (exact) mass is 395 g/mol. The Labute approximate surface area is 169 Å². The highest BCUT2D eigenvalue weighted by atomic mass is 32.1. The lowest BCUT2D eigenvalue weighted by Crippen LogP contribution is -2.37. The quantitative estimate of drug-likeness (QED) is 0.712. The molecule has 1 fully saturated rings. The van der Waals surface area contributed by atoms with Crippen LogP contribution in [0.2, 0.25) is 0 Å². The van der Waals surface area contributed by atoms with E-state index in [1.54, 1.807) is 0 Å². The number of carbonyl (C=O) groups excluding carboxylic acids is 1. The molecule has 5 nitrogen and oxygen atoms in total. The van der Waals surface area contributed by atoms with Crippen molar-refractivity contribution in [3.05, 3.63) is 69.7 Å². The lowest BCUT2D eigenvalue weighted by Gasteiger charge is -2.30. The zero-order valence-electron chi connectivity index (χ0n) is 16.3. The molecule has 0 saturated carbocycles. The average Bonchev–Trinajstić information content (AvgIpc) is 3.33. The Morgan fingerprint density at radius 3 is 2.50 bits per heavy atom. The molecular weight excluding hydrogens is 370 g/mol. The topological polar surface area (TPSA) is 46.5 Å². The van der Waals surface area contributed by atoms with Gasteiger partial charge in [0.25, 0.3) is 5.91 Å². The second-order valence-electron chi connectivity index (χ2n) is 7.00. The predicted octanol–water partition coefficient (Wildman–Crippen LogP) is 3.92. The van der Waals surface area contributed by atoms with Crippen molar-refractivity contribution in [1.29, 1.82) is 0 Å². The van der Waals surface area contributed by atoms with Gasteiger partial charge in [0, 0.05) is 36.7 Å². The fourth-order valence-electron chi connectivity index (χ4n) is 3.73. The number of nitrogens with zero attached hydrogens (tertiary/aromatic N) is 2. The average molecular weight is 396 g/mol. The van der Waals surface area contributed by atoms with Crippen LogP contribution in [-0.2, 0) is 11.3 Å². The number of thiophene rings is 1. The maximum absolute atomic E-state index is 13.0. The smallest absolute Gasteiger partial charge is 0.263 e. The van der Waals surface area contributed by atoms with Crippen LogP contribution in [0.5, 0.6) is 0 Å². The number of hydrogen-bond acceptors (Lipinski definition) is 4. The van der Waals surface area contributed by atoms with Gasteiger partial charge in [-0.25, -0.2) is 0 Å². The summed E-state index contributed by atoms with van der Waals surface area (Å²) in [5.41, 5.74) is 5.51. The third kappa shape index (κ3) is 3.70. The summed E-state index contributed by atoms with van der Waals surface area (Å²) >= 11 is 1.48. The molecule has 3 aromatic rings. The van der Waals surface area contributed by atoms with Gasteiger partial charge < -0.3 is 19.5 Å². The number of aryl methyl sites for hydroxylation is 2. The molecule has 1 aliphatic rings. The van der Waals surface area contributed by atoms with Crippen molar-refractivity contribution < 1.29 is 9.53 Å². The molecule has 0 radical (unpaired) electrons. The van der Waals surface area contributed by atoms with Crippen molar-refractivity contribution in [2.75, 3.05) is 31.2 Å². The van der Waals surface area contributed by atoms with E-state index in [4.69, 9.17) is 4.74 Å². The summed E-state index contributed by atoms with van der Waals surface area (Å²) in [6.45, 7) is 7.88. The SMILES string of the molecule is Cc1ccc(C)n1-c1ccsc1C(=O)NCc1ccccc1N1CCOCC1. The molecule has 3 heterocycles. The summed E-state index contributed by atoms with van der Waals surface area (Å²) in [7, 11) is 0. The van der Waals surface area contributed by atoms with Crippen molar-refractivity contribution in [2.45, 2.75) is 20.4 Å². The van der Waals surface area contributed by atoms with E-state index in [1.807, 2.05) is 23.6 Å². The summed E-state index contributed by atoms with van der Waals surface area (Å²) in [5, 5.41) is 5.10. The lowest BCUT2D eigenvalue weighted by atomic mass is 10.1. The summed E-state index contributed by atoms with van der Waals surface area (Å²) in [6.07, 6.45) is 0. The molecular formula is C22H25N3O2S. The van der Waals surface area contributed by atoms with Crippen molar-refractivity contribution in [3.8, 4) is 5.69 Å². The number of rotatable bonds is 5. The molecule has 1 aromatic carbocycles. The van der Waals surface area contributed by atoms with Gasteiger partial charge in [0.2, 0.25) is 0 Å². The molecule has 28 heavy (non-hydrogen) atoms. The number of para-hydroxylation sites is 1. The number of amides is 1. The molecule has 4 rings (SSSR count). The largest absolute Gasteiger partial charge is 0.378 e. The van der Waals surface area contributed by atoms with Gasteiger partial charge in [-0.2, -0.15) is 0 Å². The van der Waals surface area contributed by atoms with Crippen LogP contribution >= 0.6 is 11.3 Å². The first-order valence-electron chi connectivity index (χ1n) is 9.57. The lowest BCUT2D eigenvalue weighted by molar-refractivity contribution is 0.0954. The summed E-state index contributed by atoms with van der Waals surface area (Å²) in [5.74, 6) is -0.0331. The van der Waals surface area contributed by atoms with E-state index in [9.17, 15) is 4.79 Å².